The van der Waals surface area contributed by atoms with E-state index in [2.05, 4.69) is 26.2 Å². The summed E-state index contributed by atoms with van der Waals surface area (Å²) in [6.07, 6.45) is 0.794. The van der Waals surface area contributed by atoms with Gasteiger partial charge in [0.05, 0.1) is 27.3 Å². The van der Waals surface area contributed by atoms with Crippen LogP contribution >= 0.6 is 0 Å². The molecule has 262 valence electrons. The van der Waals surface area contributed by atoms with E-state index in [-0.39, 0.29) is 56.7 Å². The number of carbonyl (C=O) groups excluding carboxylic acids is 3. The van der Waals surface area contributed by atoms with Gasteiger partial charge in [0.25, 0.3) is 11.8 Å². The molecule has 1 saturated heterocycles. The number of ether oxygens (including phenoxy) is 5. The average Bonchev–Trinajstić information content (AvgIpc) is 3.56. The van der Waals surface area contributed by atoms with Crippen LogP contribution in [0.3, 0.4) is 0 Å². The number of benzene rings is 3. The Hall–Kier alpha value is -5.86. The van der Waals surface area contributed by atoms with Gasteiger partial charge in [0.15, 0.2) is 28.6 Å². The monoisotopic (exact) mass is 685 g/mol. The van der Waals surface area contributed by atoms with E-state index in [1.807, 2.05) is 6.07 Å². The summed E-state index contributed by atoms with van der Waals surface area (Å²) in [5, 5.41) is 17.3. The Balaban J connectivity index is 1.23. The Morgan fingerprint density at radius 3 is 2.32 bits per heavy atom. The van der Waals surface area contributed by atoms with Crippen molar-refractivity contribution in [3.8, 4) is 34.5 Å². The van der Waals surface area contributed by atoms with Crippen molar-refractivity contribution in [2.75, 3.05) is 40.5 Å². The molecule has 50 heavy (non-hydrogen) atoms. The highest BCUT2D eigenvalue weighted by Crippen LogP contribution is 2.38. The molecule has 0 aliphatic carbocycles. The summed E-state index contributed by atoms with van der Waals surface area (Å²) >= 11 is 0. The van der Waals surface area contributed by atoms with Gasteiger partial charge in [-0.1, -0.05) is 6.07 Å². The summed E-state index contributed by atoms with van der Waals surface area (Å²) in [7, 11) is 3.02. The number of amides is 3. The van der Waals surface area contributed by atoms with Crippen LogP contribution in [0.1, 0.15) is 41.0 Å². The zero-order valence-electron chi connectivity index (χ0n) is 28.1. The van der Waals surface area contributed by atoms with Crippen LogP contribution in [0.5, 0.6) is 34.5 Å². The molecule has 1 aromatic heterocycles. The number of tetrazole rings is 1. The van der Waals surface area contributed by atoms with E-state index < -0.39 is 5.60 Å². The van der Waals surface area contributed by atoms with Gasteiger partial charge in [-0.05, 0) is 77.5 Å². The number of hydrogen-bond donors (Lipinski definition) is 2. The number of carbonyl (C=O) groups is 3. The summed E-state index contributed by atoms with van der Waals surface area (Å²) < 4.78 is 31.2. The summed E-state index contributed by atoms with van der Waals surface area (Å²) in [6, 6.07) is 17.2. The van der Waals surface area contributed by atoms with Crippen LogP contribution in [0.4, 0.5) is 0 Å². The van der Waals surface area contributed by atoms with Crippen LogP contribution in [0.25, 0.3) is 0 Å². The smallest absolute Gasteiger partial charge is 0.264 e. The lowest BCUT2D eigenvalue weighted by Gasteiger charge is -2.40. The second-order valence-corrected chi connectivity index (χ2v) is 11.9. The maximum Gasteiger partial charge on any atom is 0.264 e. The summed E-state index contributed by atoms with van der Waals surface area (Å²) in [6.45, 7) is 3.48. The van der Waals surface area contributed by atoms with E-state index in [1.54, 1.807) is 71.1 Å². The largest absolute Gasteiger partial charge is 0.493 e. The van der Waals surface area contributed by atoms with E-state index in [9.17, 15) is 14.4 Å². The number of piperidine rings is 1. The highest BCUT2D eigenvalue weighted by molar-refractivity contribution is 5.95. The zero-order chi connectivity index (χ0) is 35.1. The SMILES string of the molecule is COc1cc2ccc1Oc1ccc(cc1OC)C(=O)NCCOc1ccc(cc1)OC1(CCN(C(=O)CCn3nnnc3C)CC1)C(=O)NC2. The third-order valence-electron chi connectivity index (χ3n) is 8.71. The number of rotatable bonds is 5. The van der Waals surface area contributed by atoms with E-state index in [0.29, 0.717) is 65.5 Å². The molecule has 11 rings (SSSR count). The standard InChI is InChI=1S/C35H39N7O8/c1-23-38-39-40-42(23)16-12-32(43)41-17-13-35(14-18-41)34(45)37-22-24-4-10-28(30(20-24)46-2)49-29-11-5-25(21-31(29)47-3)33(44)36-15-19-48-26-6-8-27(50-35)9-7-26/h4-11,20-21H,12-19,22H2,1-3H3,(H,36,44)(H,37,45). The van der Waals surface area contributed by atoms with Gasteiger partial charge in [0, 0.05) is 44.5 Å². The van der Waals surface area contributed by atoms with Crippen LogP contribution in [-0.4, -0.2) is 88.9 Å². The minimum atomic E-state index is -1.24. The van der Waals surface area contributed by atoms with Crippen molar-refractivity contribution in [3.63, 3.8) is 0 Å². The molecule has 7 aliphatic rings. The van der Waals surface area contributed by atoms with Crippen LogP contribution in [-0.2, 0) is 22.7 Å². The predicted molar refractivity (Wildman–Crippen MR) is 179 cm³/mol. The molecule has 7 aliphatic heterocycles. The first-order valence-electron chi connectivity index (χ1n) is 16.3. The Kier molecular flexibility index (Phi) is 10.3. The van der Waals surface area contributed by atoms with Gasteiger partial charge in [0.2, 0.25) is 5.91 Å². The van der Waals surface area contributed by atoms with Gasteiger partial charge in [-0.2, -0.15) is 0 Å². The number of aryl methyl sites for hydroxylation is 2. The number of nitrogens with one attached hydrogen (secondary N) is 2. The molecule has 8 heterocycles. The summed E-state index contributed by atoms with van der Waals surface area (Å²) in [5.74, 6) is 2.66. The fourth-order valence-corrected chi connectivity index (χ4v) is 5.83. The number of methoxy groups -OCH3 is 2. The molecular formula is C35H39N7O8. The van der Waals surface area contributed by atoms with Gasteiger partial charge in [-0.25, -0.2) is 4.68 Å². The third-order valence-corrected chi connectivity index (χ3v) is 8.71. The highest BCUT2D eigenvalue weighted by atomic mass is 16.5. The predicted octanol–water partition coefficient (Wildman–Crippen LogP) is 3.06. The fraction of sp³-hybridized carbons (Fsp3) is 0.371. The number of likely N-dealkylation sites (tertiary alicyclic amines) is 1. The molecule has 0 saturated carbocycles. The molecule has 1 spiro atoms. The van der Waals surface area contributed by atoms with Crippen molar-refractivity contribution < 1.29 is 38.1 Å². The molecule has 6 bridgehead atoms. The van der Waals surface area contributed by atoms with Gasteiger partial charge in [-0.3, -0.25) is 14.4 Å². The Bertz CT molecular complexity index is 1840. The first-order valence-corrected chi connectivity index (χ1v) is 16.3. The molecule has 2 N–H and O–H groups in total. The average molecular weight is 686 g/mol. The van der Waals surface area contributed by atoms with Crippen LogP contribution in [0.15, 0.2) is 60.7 Å². The van der Waals surface area contributed by atoms with E-state index in [4.69, 9.17) is 23.7 Å². The molecule has 0 radical (unpaired) electrons. The quantitative estimate of drug-likeness (QED) is 0.317. The molecule has 0 unspecified atom stereocenters. The minimum Gasteiger partial charge on any atom is -0.493 e. The lowest BCUT2D eigenvalue weighted by molar-refractivity contribution is -0.146. The number of aromatic nitrogens is 4. The van der Waals surface area contributed by atoms with Crippen molar-refractivity contribution in [1.82, 2.24) is 35.7 Å². The lowest BCUT2D eigenvalue weighted by Crippen LogP contribution is -2.58. The van der Waals surface area contributed by atoms with Crippen molar-refractivity contribution in [2.24, 2.45) is 0 Å². The summed E-state index contributed by atoms with van der Waals surface area (Å²) in [4.78, 5) is 41.7. The Morgan fingerprint density at radius 1 is 0.920 bits per heavy atom. The third kappa shape index (κ3) is 7.72. The van der Waals surface area contributed by atoms with E-state index in [1.165, 1.54) is 14.2 Å². The minimum absolute atomic E-state index is 0.0511. The number of nitrogens with zero attached hydrogens (tertiary/aromatic N) is 5. The van der Waals surface area contributed by atoms with E-state index >= 15 is 0 Å². The molecule has 15 heteroatoms. The Morgan fingerprint density at radius 2 is 1.62 bits per heavy atom. The van der Waals surface area contributed by atoms with E-state index in [0.717, 1.165) is 5.56 Å². The number of hydrogen-bond acceptors (Lipinski definition) is 11. The Labute approximate surface area is 288 Å². The molecule has 1 fully saturated rings. The van der Waals surface area contributed by atoms with Crippen LogP contribution < -0.4 is 34.3 Å². The topological polar surface area (TPSA) is 168 Å². The molecule has 0 atom stereocenters. The molecule has 3 amide bonds. The lowest BCUT2D eigenvalue weighted by atomic mass is 9.89. The summed E-state index contributed by atoms with van der Waals surface area (Å²) in [5.41, 5.74) is -0.0707. The second-order valence-electron chi connectivity index (χ2n) is 11.9. The fourth-order valence-electron chi connectivity index (χ4n) is 5.83. The molecular weight excluding hydrogens is 646 g/mol. The first kappa shape index (κ1) is 34.0. The van der Waals surface area contributed by atoms with Crippen molar-refractivity contribution in [3.05, 3.63) is 77.6 Å². The van der Waals surface area contributed by atoms with Crippen molar-refractivity contribution in [1.29, 1.82) is 0 Å². The molecule has 3 aromatic carbocycles. The zero-order valence-corrected chi connectivity index (χ0v) is 28.1. The van der Waals surface area contributed by atoms with Gasteiger partial charge >= 0.3 is 0 Å². The normalized spacial score (nSPS) is 16.2. The highest BCUT2D eigenvalue weighted by Gasteiger charge is 2.44. The first-order chi connectivity index (χ1) is 24.3. The maximum absolute atomic E-state index is 14.0. The van der Waals surface area contributed by atoms with Crippen LogP contribution in [0.2, 0.25) is 0 Å². The second kappa shape index (κ2) is 15.1. The van der Waals surface area contributed by atoms with Crippen LogP contribution in [0, 0.1) is 6.92 Å². The van der Waals surface area contributed by atoms with Gasteiger partial charge < -0.3 is 39.2 Å². The van der Waals surface area contributed by atoms with Gasteiger partial charge in [-0.15, -0.1) is 5.10 Å². The van der Waals surface area contributed by atoms with Crippen molar-refractivity contribution >= 4 is 17.7 Å². The maximum atomic E-state index is 14.0. The van der Waals surface area contributed by atoms with Gasteiger partial charge in [0.1, 0.15) is 23.9 Å². The molecule has 15 nitrogen and oxygen atoms in total. The van der Waals surface area contributed by atoms with Crippen molar-refractivity contribution in [2.45, 2.75) is 44.9 Å². The molecule has 4 aromatic rings.